The second-order valence-electron chi connectivity index (χ2n) is 5.51. The Kier molecular flexibility index (Phi) is 3.62. The van der Waals surface area contributed by atoms with Gasteiger partial charge in [-0.15, -0.1) is 0 Å². The lowest BCUT2D eigenvalue weighted by atomic mass is 10.1. The molecule has 2 rings (SSSR count). The topological polar surface area (TPSA) is 47.3 Å². The predicted molar refractivity (Wildman–Crippen MR) is 74.5 cm³/mol. The summed E-state index contributed by atoms with van der Waals surface area (Å²) in [6.07, 6.45) is 3.46. The highest BCUT2D eigenvalue weighted by Crippen LogP contribution is 2.28. The third kappa shape index (κ3) is 3.58. The summed E-state index contributed by atoms with van der Waals surface area (Å²) >= 11 is 0. The average molecular weight is 260 g/mol. The SMILES string of the molecule is Cc1cccc(C)c1Oc1cnn(CC(C)(C)O)c1. The number of hydrogen-bond donors (Lipinski definition) is 1. The van der Waals surface area contributed by atoms with Gasteiger partial charge in [-0.2, -0.15) is 5.10 Å². The van der Waals surface area contributed by atoms with E-state index in [1.165, 1.54) is 0 Å². The molecule has 0 aliphatic rings. The molecule has 0 saturated carbocycles. The highest BCUT2D eigenvalue weighted by atomic mass is 16.5. The first-order valence-corrected chi connectivity index (χ1v) is 6.34. The molecule has 1 heterocycles. The molecule has 2 aromatic rings. The molecule has 0 unspecified atom stereocenters. The van der Waals surface area contributed by atoms with Crippen LogP contribution in [0.4, 0.5) is 0 Å². The molecule has 4 heteroatoms. The van der Waals surface area contributed by atoms with E-state index in [1.54, 1.807) is 30.9 Å². The van der Waals surface area contributed by atoms with E-state index in [4.69, 9.17) is 4.74 Å². The monoisotopic (exact) mass is 260 g/mol. The molecule has 0 atom stereocenters. The Morgan fingerprint density at radius 2 is 1.89 bits per heavy atom. The van der Waals surface area contributed by atoms with Crippen molar-refractivity contribution < 1.29 is 9.84 Å². The highest BCUT2D eigenvalue weighted by Gasteiger charge is 2.14. The van der Waals surface area contributed by atoms with Crippen molar-refractivity contribution >= 4 is 0 Å². The predicted octanol–water partition coefficient (Wildman–Crippen LogP) is 3.06. The summed E-state index contributed by atoms with van der Waals surface area (Å²) in [6.45, 7) is 7.97. The fourth-order valence-corrected chi connectivity index (χ4v) is 1.96. The van der Waals surface area contributed by atoms with Crippen molar-refractivity contribution in [3.8, 4) is 11.5 Å². The fourth-order valence-electron chi connectivity index (χ4n) is 1.96. The van der Waals surface area contributed by atoms with Crippen LogP contribution in [0.5, 0.6) is 11.5 Å². The molecule has 0 radical (unpaired) electrons. The molecule has 1 aromatic carbocycles. The first kappa shape index (κ1) is 13.6. The Hall–Kier alpha value is -1.81. The zero-order valence-electron chi connectivity index (χ0n) is 11.8. The number of ether oxygens (including phenoxy) is 1. The van der Waals surface area contributed by atoms with Gasteiger partial charge in [0.15, 0.2) is 5.75 Å². The van der Waals surface area contributed by atoms with E-state index >= 15 is 0 Å². The van der Waals surface area contributed by atoms with E-state index in [2.05, 4.69) is 5.10 Å². The number of hydrogen-bond acceptors (Lipinski definition) is 3. The lowest BCUT2D eigenvalue weighted by Gasteiger charge is -2.16. The van der Waals surface area contributed by atoms with Gasteiger partial charge in [0.25, 0.3) is 0 Å². The highest BCUT2D eigenvalue weighted by molar-refractivity contribution is 5.42. The number of para-hydroxylation sites is 1. The first-order valence-electron chi connectivity index (χ1n) is 6.34. The third-order valence-corrected chi connectivity index (χ3v) is 2.79. The number of aromatic nitrogens is 2. The molecule has 1 aromatic heterocycles. The summed E-state index contributed by atoms with van der Waals surface area (Å²) in [4.78, 5) is 0. The maximum Gasteiger partial charge on any atom is 0.165 e. The van der Waals surface area contributed by atoms with Crippen molar-refractivity contribution in [3.05, 3.63) is 41.7 Å². The van der Waals surface area contributed by atoms with Gasteiger partial charge >= 0.3 is 0 Å². The van der Waals surface area contributed by atoms with Crippen molar-refractivity contribution in [2.24, 2.45) is 0 Å². The van der Waals surface area contributed by atoms with Crippen LogP contribution in [0.1, 0.15) is 25.0 Å². The molecule has 0 saturated heterocycles. The summed E-state index contributed by atoms with van der Waals surface area (Å²) in [7, 11) is 0. The van der Waals surface area contributed by atoms with E-state index in [9.17, 15) is 5.11 Å². The second-order valence-corrected chi connectivity index (χ2v) is 5.51. The van der Waals surface area contributed by atoms with Gasteiger partial charge in [0.2, 0.25) is 0 Å². The van der Waals surface area contributed by atoms with Crippen molar-refractivity contribution in [2.45, 2.75) is 39.8 Å². The Balaban J connectivity index is 2.16. The minimum atomic E-state index is -0.790. The molecular weight excluding hydrogens is 240 g/mol. The van der Waals surface area contributed by atoms with Gasteiger partial charge in [-0.1, -0.05) is 18.2 Å². The molecule has 4 nitrogen and oxygen atoms in total. The van der Waals surface area contributed by atoms with Crippen LogP contribution >= 0.6 is 0 Å². The number of nitrogens with zero attached hydrogens (tertiary/aromatic N) is 2. The molecule has 0 aliphatic heterocycles. The minimum absolute atomic E-state index is 0.434. The van der Waals surface area contributed by atoms with Gasteiger partial charge < -0.3 is 9.84 Å². The van der Waals surface area contributed by atoms with Crippen LogP contribution in [0.2, 0.25) is 0 Å². The molecule has 0 fully saturated rings. The van der Waals surface area contributed by atoms with Gasteiger partial charge in [-0.3, -0.25) is 4.68 Å². The summed E-state index contributed by atoms with van der Waals surface area (Å²) in [5.74, 6) is 1.55. The lowest BCUT2D eigenvalue weighted by Crippen LogP contribution is -2.26. The molecule has 0 amide bonds. The van der Waals surface area contributed by atoms with E-state index in [1.807, 2.05) is 32.0 Å². The third-order valence-electron chi connectivity index (χ3n) is 2.79. The Bertz CT molecular complexity index is 548. The molecule has 0 aliphatic carbocycles. The summed E-state index contributed by atoms with van der Waals surface area (Å²) in [5.41, 5.74) is 1.40. The van der Waals surface area contributed by atoms with Gasteiger partial charge in [0, 0.05) is 0 Å². The molecule has 0 bridgehead atoms. The minimum Gasteiger partial charge on any atom is -0.454 e. The van der Waals surface area contributed by atoms with Crippen LogP contribution in [0.25, 0.3) is 0 Å². The number of benzene rings is 1. The molecule has 102 valence electrons. The quantitative estimate of drug-likeness (QED) is 0.919. The van der Waals surface area contributed by atoms with Crippen LogP contribution in [0.3, 0.4) is 0 Å². The maximum absolute atomic E-state index is 9.76. The van der Waals surface area contributed by atoms with Gasteiger partial charge in [-0.05, 0) is 38.8 Å². The average Bonchev–Trinajstić information content (AvgIpc) is 2.69. The van der Waals surface area contributed by atoms with Gasteiger partial charge in [0.1, 0.15) is 5.75 Å². The van der Waals surface area contributed by atoms with E-state index in [-0.39, 0.29) is 0 Å². The number of aliphatic hydroxyl groups is 1. The lowest BCUT2D eigenvalue weighted by molar-refractivity contribution is 0.0577. The number of rotatable bonds is 4. The molecule has 19 heavy (non-hydrogen) atoms. The summed E-state index contributed by atoms with van der Waals surface area (Å²) in [6, 6.07) is 6.04. The van der Waals surface area contributed by atoms with Crippen LogP contribution in [-0.2, 0) is 6.54 Å². The number of aryl methyl sites for hydroxylation is 2. The van der Waals surface area contributed by atoms with Crippen molar-refractivity contribution in [1.29, 1.82) is 0 Å². The summed E-state index contributed by atoms with van der Waals surface area (Å²) in [5, 5.41) is 13.9. The second kappa shape index (κ2) is 5.05. The van der Waals surface area contributed by atoms with Crippen molar-refractivity contribution in [1.82, 2.24) is 9.78 Å². The standard InChI is InChI=1S/C15H20N2O2/c1-11-6-5-7-12(2)14(11)19-13-8-16-17(9-13)10-15(3,4)18/h5-9,18H,10H2,1-4H3. The van der Waals surface area contributed by atoms with Crippen LogP contribution in [0.15, 0.2) is 30.6 Å². The normalized spacial score (nSPS) is 11.6. The smallest absolute Gasteiger partial charge is 0.165 e. The maximum atomic E-state index is 9.76. The Morgan fingerprint density at radius 3 is 2.47 bits per heavy atom. The van der Waals surface area contributed by atoms with Gasteiger partial charge in [-0.25, -0.2) is 0 Å². The van der Waals surface area contributed by atoms with E-state index in [0.29, 0.717) is 12.3 Å². The van der Waals surface area contributed by atoms with Crippen molar-refractivity contribution in [2.75, 3.05) is 0 Å². The molecule has 1 N–H and O–H groups in total. The zero-order chi connectivity index (χ0) is 14.0. The van der Waals surface area contributed by atoms with Gasteiger partial charge in [0.05, 0.1) is 24.5 Å². The summed E-state index contributed by atoms with van der Waals surface area (Å²) < 4.78 is 7.55. The first-order chi connectivity index (χ1) is 8.85. The van der Waals surface area contributed by atoms with E-state index in [0.717, 1.165) is 16.9 Å². The Labute approximate surface area is 113 Å². The van der Waals surface area contributed by atoms with Crippen LogP contribution in [-0.4, -0.2) is 20.5 Å². The fraction of sp³-hybridized carbons (Fsp3) is 0.400. The van der Waals surface area contributed by atoms with E-state index < -0.39 is 5.60 Å². The van der Waals surface area contributed by atoms with Crippen LogP contribution in [0, 0.1) is 13.8 Å². The Morgan fingerprint density at radius 1 is 1.26 bits per heavy atom. The molecular formula is C15H20N2O2. The zero-order valence-corrected chi connectivity index (χ0v) is 11.8. The molecule has 0 spiro atoms. The largest absolute Gasteiger partial charge is 0.454 e. The van der Waals surface area contributed by atoms with Crippen molar-refractivity contribution in [3.63, 3.8) is 0 Å². The van der Waals surface area contributed by atoms with Crippen LogP contribution < -0.4 is 4.74 Å².